The maximum atomic E-state index is 12.2. The normalized spacial score (nSPS) is 17.1. The number of nitrogens with zero attached hydrogens (tertiary/aromatic N) is 3. The van der Waals surface area contributed by atoms with Crippen molar-refractivity contribution in [2.24, 2.45) is 0 Å². The minimum absolute atomic E-state index is 0.132. The van der Waals surface area contributed by atoms with E-state index in [0.717, 1.165) is 19.3 Å². The van der Waals surface area contributed by atoms with Gasteiger partial charge in [0.15, 0.2) is 5.82 Å². The fourth-order valence-corrected chi connectivity index (χ4v) is 2.97. The van der Waals surface area contributed by atoms with Crippen molar-refractivity contribution in [2.75, 3.05) is 13.1 Å². The minimum atomic E-state index is -1.84. The van der Waals surface area contributed by atoms with Crippen molar-refractivity contribution in [1.82, 2.24) is 14.3 Å². The predicted octanol–water partition coefficient (Wildman–Crippen LogP) is 2.21. The van der Waals surface area contributed by atoms with Crippen LogP contribution in [0.25, 0.3) is 0 Å². The fraction of sp³-hybridized carbons (Fsp3) is 0.636. The Hall–Kier alpha value is -0.830. The molecule has 1 aliphatic heterocycles. The molecule has 2 rings (SSSR count). The third kappa shape index (κ3) is 4.34. The number of carboxylic acid groups (broad SMARTS) is 1. The molecule has 1 N–H and O–H groups in total. The Bertz CT molecular complexity index is 557. The average Bonchev–Trinajstić information content (AvgIpc) is 2.93. The van der Waals surface area contributed by atoms with E-state index in [1.807, 2.05) is 0 Å². The minimum Gasteiger partial charge on any atom is -0.478 e. The zero-order valence-corrected chi connectivity index (χ0v) is 14.3. The van der Waals surface area contributed by atoms with Gasteiger partial charge in [-0.05, 0) is 19.3 Å². The van der Waals surface area contributed by atoms with Gasteiger partial charge in [0.05, 0.1) is 0 Å². The smallest absolute Gasteiger partial charge is 0.355 e. The second kappa shape index (κ2) is 7.16. The zero-order chi connectivity index (χ0) is 16.3. The number of amides is 1. The van der Waals surface area contributed by atoms with Crippen molar-refractivity contribution in [3.63, 3.8) is 0 Å². The molecule has 0 aliphatic carbocycles. The first-order valence-corrected chi connectivity index (χ1v) is 8.29. The number of aliphatic carboxylic acids is 1. The highest BCUT2D eigenvalue weighted by Gasteiger charge is 2.35. The molecule has 1 amide bonds. The number of likely N-dealkylation sites (tertiary alicyclic amines) is 1. The van der Waals surface area contributed by atoms with E-state index >= 15 is 0 Å². The molecule has 22 heavy (non-hydrogen) atoms. The molecular formula is C11H12Cl3N3O4S. The molecule has 1 unspecified atom stereocenters. The zero-order valence-electron chi connectivity index (χ0n) is 11.2. The van der Waals surface area contributed by atoms with Crippen LogP contribution in [0.2, 0.25) is 0 Å². The number of rotatable bonds is 4. The van der Waals surface area contributed by atoms with Crippen LogP contribution in [-0.2, 0) is 13.4 Å². The Kier molecular flexibility index (Phi) is 5.70. The van der Waals surface area contributed by atoms with Crippen LogP contribution >= 0.6 is 46.3 Å². The Morgan fingerprint density at radius 1 is 1.27 bits per heavy atom. The van der Waals surface area contributed by atoms with Gasteiger partial charge in [0, 0.05) is 24.6 Å². The summed E-state index contributed by atoms with van der Waals surface area (Å²) in [6, 6.07) is 0. The molecule has 1 aromatic heterocycles. The van der Waals surface area contributed by atoms with Gasteiger partial charge in [-0.1, -0.05) is 34.8 Å². The Morgan fingerprint density at radius 3 is 2.41 bits per heavy atom. The molecule has 0 spiro atoms. The number of hydrogen-bond acceptors (Lipinski definition) is 6. The lowest BCUT2D eigenvalue weighted by Gasteiger charge is -2.28. The summed E-state index contributed by atoms with van der Waals surface area (Å²) in [7, 11) is 0. The van der Waals surface area contributed by atoms with Crippen LogP contribution < -0.4 is 4.74 Å². The van der Waals surface area contributed by atoms with Crippen molar-refractivity contribution >= 4 is 58.2 Å². The second-order valence-electron chi connectivity index (χ2n) is 4.60. The molecule has 2 heterocycles. The number of piperidine rings is 1. The van der Waals surface area contributed by atoms with Gasteiger partial charge in [-0.25, -0.2) is 4.79 Å². The van der Waals surface area contributed by atoms with Crippen molar-refractivity contribution < 1.29 is 19.4 Å². The molecule has 1 aliphatic rings. The van der Waals surface area contributed by atoms with E-state index < -0.39 is 21.8 Å². The van der Waals surface area contributed by atoms with Crippen LogP contribution in [0.5, 0.6) is 5.19 Å². The second-order valence-corrected chi connectivity index (χ2v) is 7.60. The summed E-state index contributed by atoms with van der Waals surface area (Å²) in [6.07, 6.45) is 1.02. The van der Waals surface area contributed by atoms with E-state index in [-0.39, 0.29) is 11.0 Å². The molecule has 11 heteroatoms. The van der Waals surface area contributed by atoms with E-state index in [9.17, 15) is 14.7 Å². The van der Waals surface area contributed by atoms with Gasteiger partial charge >= 0.3 is 5.97 Å². The molecule has 1 atom stereocenters. The predicted molar refractivity (Wildman–Crippen MR) is 81.6 cm³/mol. The number of carbonyl (C=O) groups excluding carboxylic acids is 1. The molecule has 0 aromatic carbocycles. The van der Waals surface area contributed by atoms with Gasteiger partial charge in [0.2, 0.25) is 0 Å². The standard InChI is InChI=1S/C11H12Cl3N3O4S/c12-11(13,14)9-15-10(22-16-9)21-6(8(19)20)7(18)17-4-2-1-3-5-17/h6H,1-5H2,(H,19,20). The number of carbonyl (C=O) groups is 2. The van der Waals surface area contributed by atoms with E-state index in [1.165, 1.54) is 4.90 Å². The SMILES string of the molecule is O=C(O)C(Oc1nc(C(Cl)(Cl)Cl)ns1)C(=O)N1CCCCC1. The van der Waals surface area contributed by atoms with Crippen LogP contribution in [0, 0.1) is 0 Å². The van der Waals surface area contributed by atoms with Gasteiger partial charge in [-0.2, -0.15) is 9.36 Å². The molecule has 1 aromatic rings. The van der Waals surface area contributed by atoms with Crippen LogP contribution in [0.15, 0.2) is 0 Å². The highest BCUT2D eigenvalue weighted by molar-refractivity contribution is 7.07. The third-order valence-electron chi connectivity index (χ3n) is 3.00. The van der Waals surface area contributed by atoms with Crippen molar-refractivity contribution in [3.05, 3.63) is 5.82 Å². The summed E-state index contributed by atoms with van der Waals surface area (Å²) < 4.78 is 7.07. The molecule has 1 fully saturated rings. The fourth-order valence-electron chi connectivity index (χ4n) is 1.96. The van der Waals surface area contributed by atoms with Gasteiger partial charge in [-0.15, -0.1) is 0 Å². The topological polar surface area (TPSA) is 92.6 Å². The summed E-state index contributed by atoms with van der Waals surface area (Å²) >= 11 is 17.6. The first-order chi connectivity index (χ1) is 10.3. The molecule has 0 bridgehead atoms. The van der Waals surface area contributed by atoms with E-state index in [4.69, 9.17) is 39.5 Å². The number of aromatic nitrogens is 2. The van der Waals surface area contributed by atoms with Gasteiger partial charge in [-0.3, -0.25) is 4.79 Å². The monoisotopic (exact) mass is 387 g/mol. The average molecular weight is 389 g/mol. The van der Waals surface area contributed by atoms with Gasteiger partial charge in [0.25, 0.3) is 21.0 Å². The number of hydrogen-bond donors (Lipinski definition) is 1. The first-order valence-electron chi connectivity index (χ1n) is 6.38. The van der Waals surface area contributed by atoms with Crippen LogP contribution in [0.1, 0.15) is 25.1 Å². The van der Waals surface area contributed by atoms with Crippen molar-refractivity contribution in [2.45, 2.75) is 29.2 Å². The summed E-state index contributed by atoms with van der Waals surface area (Å²) in [6.45, 7) is 1.03. The summed E-state index contributed by atoms with van der Waals surface area (Å²) in [4.78, 5) is 28.8. The maximum Gasteiger partial charge on any atom is 0.355 e. The Labute approximate surface area is 145 Å². The van der Waals surface area contributed by atoms with E-state index in [1.54, 1.807) is 0 Å². The molecule has 122 valence electrons. The van der Waals surface area contributed by atoms with Gasteiger partial charge in [0.1, 0.15) is 0 Å². The quantitative estimate of drug-likeness (QED) is 0.628. The lowest BCUT2D eigenvalue weighted by Crippen LogP contribution is -2.48. The van der Waals surface area contributed by atoms with Crippen LogP contribution in [0.4, 0.5) is 0 Å². The largest absolute Gasteiger partial charge is 0.478 e. The molecule has 0 saturated carbocycles. The number of alkyl halides is 3. The molecule has 1 saturated heterocycles. The number of carboxylic acids is 1. The molecule has 7 nitrogen and oxygen atoms in total. The van der Waals surface area contributed by atoms with E-state index in [0.29, 0.717) is 24.6 Å². The van der Waals surface area contributed by atoms with Crippen molar-refractivity contribution in [3.8, 4) is 5.19 Å². The highest BCUT2D eigenvalue weighted by Crippen LogP contribution is 2.38. The van der Waals surface area contributed by atoms with Crippen LogP contribution in [-0.4, -0.2) is 50.4 Å². The third-order valence-corrected chi connectivity index (χ3v) is 4.11. The van der Waals surface area contributed by atoms with Crippen molar-refractivity contribution in [1.29, 1.82) is 0 Å². The summed E-state index contributed by atoms with van der Waals surface area (Å²) in [5.74, 6) is -2.15. The van der Waals surface area contributed by atoms with Gasteiger partial charge < -0.3 is 14.7 Å². The summed E-state index contributed by atoms with van der Waals surface area (Å²) in [5, 5.41) is 9.07. The van der Waals surface area contributed by atoms with E-state index in [2.05, 4.69) is 9.36 Å². The first kappa shape index (κ1) is 17.5. The molecular weight excluding hydrogens is 377 g/mol. The number of ether oxygens (including phenoxy) is 1. The lowest BCUT2D eigenvalue weighted by molar-refractivity contribution is -0.156. The highest BCUT2D eigenvalue weighted by atomic mass is 35.6. The number of halogens is 3. The Balaban J connectivity index is 2.10. The Morgan fingerprint density at radius 2 is 1.91 bits per heavy atom. The van der Waals surface area contributed by atoms with Crippen LogP contribution in [0.3, 0.4) is 0 Å². The maximum absolute atomic E-state index is 12.2. The lowest BCUT2D eigenvalue weighted by atomic mass is 10.1. The molecule has 0 radical (unpaired) electrons. The summed E-state index contributed by atoms with van der Waals surface area (Å²) in [5.41, 5.74) is 0.